The maximum Gasteiger partial charge on any atom is 0.127 e. The van der Waals surface area contributed by atoms with Crippen LogP contribution in [0.3, 0.4) is 0 Å². The summed E-state index contributed by atoms with van der Waals surface area (Å²) < 4.78 is 6.76. The molecule has 1 heterocycles. The molecule has 1 aromatic carbocycles. The lowest BCUT2D eigenvalue weighted by Gasteiger charge is -2.17. The van der Waals surface area contributed by atoms with E-state index < -0.39 is 0 Å². The average Bonchev–Trinajstić information content (AvgIpc) is 2.75. The summed E-state index contributed by atoms with van der Waals surface area (Å²) >= 11 is 3.53. The van der Waals surface area contributed by atoms with Crippen molar-refractivity contribution in [2.75, 3.05) is 33.8 Å². The van der Waals surface area contributed by atoms with Crippen molar-refractivity contribution in [3.05, 3.63) is 27.7 Å². The summed E-state index contributed by atoms with van der Waals surface area (Å²) in [5.41, 5.74) is 2.42. The first-order chi connectivity index (χ1) is 9.06. The van der Waals surface area contributed by atoms with Gasteiger partial charge in [-0.15, -0.1) is 0 Å². The third-order valence-corrected chi connectivity index (χ3v) is 3.55. The largest absolute Gasteiger partial charge is 0.493 e. The second-order valence-corrected chi connectivity index (χ2v) is 6.11. The molecule has 2 rings (SSSR count). The van der Waals surface area contributed by atoms with Gasteiger partial charge in [-0.1, -0.05) is 15.9 Å². The Kier molecular flexibility index (Phi) is 5.21. The molecular formula is C14H21BrN2O2. The van der Waals surface area contributed by atoms with Crippen LogP contribution in [0.4, 0.5) is 0 Å². The number of nitrogens with zero attached hydrogens (tertiary/aromatic N) is 1. The van der Waals surface area contributed by atoms with E-state index in [-0.39, 0.29) is 6.10 Å². The summed E-state index contributed by atoms with van der Waals surface area (Å²) in [4.78, 5) is 1.98. The first-order valence-corrected chi connectivity index (χ1v) is 7.33. The average molecular weight is 329 g/mol. The molecule has 0 fully saturated rings. The Labute approximate surface area is 122 Å². The van der Waals surface area contributed by atoms with Crippen LogP contribution in [-0.2, 0) is 13.0 Å². The maximum absolute atomic E-state index is 9.80. The number of aliphatic hydroxyl groups excluding tert-OH is 1. The molecule has 0 aromatic heterocycles. The fraction of sp³-hybridized carbons (Fsp3) is 0.571. The molecule has 5 heteroatoms. The molecule has 1 aliphatic heterocycles. The minimum absolute atomic E-state index is 0.351. The molecule has 1 aromatic rings. The molecule has 0 radical (unpaired) electrons. The number of rotatable bonds is 6. The van der Waals surface area contributed by atoms with Crippen molar-refractivity contribution in [3.8, 4) is 5.75 Å². The lowest BCUT2D eigenvalue weighted by molar-refractivity contribution is 0.134. The van der Waals surface area contributed by atoms with Crippen LogP contribution in [0.1, 0.15) is 11.1 Å². The van der Waals surface area contributed by atoms with Crippen LogP contribution in [0.25, 0.3) is 0 Å². The number of hydrogen-bond donors (Lipinski definition) is 2. The van der Waals surface area contributed by atoms with Crippen molar-refractivity contribution in [2.45, 2.75) is 19.1 Å². The number of ether oxygens (including phenoxy) is 1. The normalized spacial score (nSPS) is 15.4. The number of benzene rings is 1. The van der Waals surface area contributed by atoms with Gasteiger partial charge in [0.15, 0.2) is 0 Å². The van der Waals surface area contributed by atoms with Gasteiger partial charge in [-0.3, -0.25) is 0 Å². The van der Waals surface area contributed by atoms with Gasteiger partial charge >= 0.3 is 0 Å². The highest BCUT2D eigenvalue weighted by atomic mass is 79.9. The van der Waals surface area contributed by atoms with E-state index >= 15 is 0 Å². The highest BCUT2D eigenvalue weighted by molar-refractivity contribution is 9.10. The van der Waals surface area contributed by atoms with Crippen molar-refractivity contribution in [2.24, 2.45) is 0 Å². The zero-order valence-electron chi connectivity index (χ0n) is 11.4. The maximum atomic E-state index is 9.80. The zero-order chi connectivity index (χ0) is 13.8. The minimum atomic E-state index is -0.351. The van der Waals surface area contributed by atoms with Crippen LogP contribution in [-0.4, -0.2) is 49.9 Å². The molecule has 0 bridgehead atoms. The summed E-state index contributed by atoms with van der Waals surface area (Å²) in [6, 6.07) is 4.20. The van der Waals surface area contributed by atoms with Gasteiger partial charge in [0.1, 0.15) is 5.75 Å². The Morgan fingerprint density at radius 2 is 2.26 bits per heavy atom. The van der Waals surface area contributed by atoms with E-state index in [1.54, 1.807) is 0 Å². The van der Waals surface area contributed by atoms with Crippen molar-refractivity contribution in [1.82, 2.24) is 10.2 Å². The van der Waals surface area contributed by atoms with Gasteiger partial charge in [-0.05, 0) is 31.8 Å². The van der Waals surface area contributed by atoms with Gasteiger partial charge in [0.2, 0.25) is 0 Å². The summed E-state index contributed by atoms with van der Waals surface area (Å²) in [6.07, 6.45) is 0.626. The second-order valence-electron chi connectivity index (χ2n) is 5.20. The van der Waals surface area contributed by atoms with E-state index in [0.717, 1.165) is 28.8 Å². The van der Waals surface area contributed by atoms with Crippen LogP contribution in [0.5, 0.6) is 5.75 Å². The number of nitrogens with one attached hydrogen (secondary N) is 1. The van der Waals surface area contributed by atoms with Crippen LogP contribution in [0.15, 0.2) is 16.6 Å². The fourth-order valence-corrected chi connectivity index (χ4v) is 2.89. The Morgan fingerprint density at radius 3 is 3.00 bits per heavy atom. The van der Waals surface area contributed by atoms with Gasteiger partial charge in [-0.25, -0.2) is 0 Å². The molecule has 19 heavy (non-hydrogen) atoms. The zero-order valence-corrected chi connectivity index (χ0v) is 13.0. The van der Waals surface area contributed by atoms with Gasteiger partial charge < -0.3 is 20.1 Å². The molecule has 1 atom stereocenters. The van der Waals surface area contributed by atoms with Crippen LogP contribution in [0.2, 0.25) is 0 Å². The Bertz CT molecular complexity index is 438. The van der Waals surface area contributed by atoms with Gasteiger partial charge in [0.25, 0.3) is 0 Å². The SMILES string of the molecule is CN(C)CC(O)CNCc1cc(Br)cc2c1OCC2. The molecule has 106 valence electrons. The molecule has 4 nitrogen and oxygen atoms in total. The van der Waals surface area contributed by atoms with Crippen molar-refractivity contribution < 1.29 is 9.84 Å². The molecule has 1 unspecified atom stereocenters. The number of likely N-dealkylation sites (N-methyl/N-ethyl adjacent to an activating group) is 1. The van der Waals surface area contributed by atoms with Crippen LogP contribution in [0, 0.1) is 0 Å². The third kappa shape index (κ3) is 4.18. The quantitative estimate of drug-likeness (QED) is 0.828. The molecule has 0 saturated heterocycles. The molecular weight excluding hydrogens is 308 g/mol. The topological polar surface area (TPSA) is 44.7 Å². The monoisotopic (exact) mass is 328 g/mol. The predicted molar refractivity (Wildman–Crippen MR) is 79.6 cm³/mol. The van der Waals surface area contributed by atoms with E-state index in [1.807, 2.05) is 19.0 Å². The van der Waals surface area contributed by atoms with E-state index in [4.69, 9.17) is 4.74 Å². The molecule has 0 spiro atoms. The number of halogens is 1. The lowest BCUT2D eigenvalue weighted by Crippen LogP contribution is -2.34. The van der Waals surface area contributed by atoms with Crippen LogP contribution < -0.4 is 10.1 Å². The molecule has 0 saturated carbocycles. The number of aliphatic hydroxyl groups is 1. The lowest BCUT2D eigenvalue weighted by atomic mass is 10.1. The summed E-state index contributed by atoms with van der Waals surface area (Å²) in [5.74, 6) is 1.01. The first kappa shape index (κ1) is 14.8. The number of hydrogen-bond acceptors (Lipinski definition) is 4. The minimum Gasteiger partial charge on any atom is -0.493 e. The summed E-state index contributed by atoms with van der Waals surface area (Å²) in [5, 5.41) is 13.1. The van der Waals surface area contributed by atoms with E-state index in [0.29, 0.717) is 19.6 Å². The van der Waals surface area contributed by atoms with E-state index in [9.17, 15) is 5.11 Å². The Balaban J connectivity index is 1.90. The van der Waals surface area contributed by atoms with E-state index in [2.05, 4.69) is 33.4 Å². The fourth-order valence-electron chi connectivity index (χ4n) is 2.34. The third-order valence-electron chi connectivity index (χ3n) is 3.10. The van der Waals surface area contributed by atoms with E-state index in [1.165, 1.54) is 5.56 Å². The van der Waals surface area contributed by atoms with Gasteiger partial charge in [0.05, 0.1) is 12.7 Å². The van der Waals surface area contributed by atoms with Crippen molar-refractivity contribution >= 4 is 15.9 Å². The van der Waals surface area contributed by atoms with Crippen molar-refractivity contribution in [3.63, 3.8) is 0 Å². The Morgan fingerprint density at radius 1 is 1.47 bits per heavy atom. The smallest absolute Gasteiger partial charge is 0.127 e. The van der Waals surface area contributed by atoms with Crippen molar-refractivity contribution in [1.29, 1.82) is 0 Å². The molecule has 1 aliphatic rings. The highest BCUT2D eigenvalue weighted by Crippen LogP contribution is 2.32. The number of fused-ring (bicyclic) bond motifs is 1. The van der Waals surface area contributed by atoms with Gasteiger partial charge in [-0.2, -0.15) is 0 Å². The summed E-state index contributed by atoms with van der Waals surface area (Å²) in [7, 11) is 3.91. The molecule has 2 N–H and O–H groups in total. The predicted octanol–water partition coefficient (Wildman–Crippen LogP) is 1.40. The van der Waals surface area contributed by atoms with Gasteiger partial charge in [0, 0.05) is 36.1 Å². The Hall–Kier alpha value is -0.620. The second kappa shape index (κ2) is 6.70. The molecule has 0 aliphatic carbocycles. The van der Waals surface area contributed by atoms with Crippen LogP contribution >= 0.6 is 15.9 Å². The highest BCUT2D eigenvalue weighted by Gasteiger charge is 2.17. The first-order valence-electron chi connectivity index (χ1n) is 6.54. The summed E-state index contributed by atoms with van der Waals surface area (Å²) in [6.45, 7) is 2.73. The standard InChI is InChI=1S/C14H21BrN2O2/c1-17(2)9-13(18)8-16-7-11-6-12(15)5-10-3-4-19-14(10)11/h5-6,13,16,18H,3-4,7-9H2,1-2H3. The molecule has 0 amide bonds.